The Labute approximate surface area is 118 Å². The molecule has 1 saturated carbocycles. The first kappa shape index (κ1) is 13.0. The highest BCUT2D eigenvalue weighted by Crippen LogP contribution is 2.44. The molecule has 20 heavy (non-hydrogen) atoms. The van der Waals surface area contributed by atoms with Gasteiger partial charge in [-0.25, -0.2) is 0 Å². The molecule has 0 radical (unpaired) electrons. The Kier molecular flexibility index (Phi) is 3.13. The second-order valence-corrected chi connectivity index (χ2v) is 5.49. The molecule has 0 aliphatic heterocycles. The molecule has 1 aliphatic carbocycles. The lowest BCUT2D eigenvalue weighted by Crippen LogP contribution is -2.32. The molecule has 104 valence electrons. The van der Waals surface area contributed by atoms with E-state index in [1.54, 1.807) is 7.11 Å². The minimum Gasteiger partial charge on any atom is -0.497 e. The number of carboxylic acid groups (broad SMARTS) is 1. The maximum absolute atomic E-state index is 11.9. The summed E-state index contributed by atoms with van der Waals surface area (Å²) in [6.45, 7) is 0. The number of hydrogen-bond donors (Lipinski definition) is 1. The Bertz CT molecular complexity index is 654. The normalized spacial score (nSPS) is 17.2. The zero-order valence-corrected chi connectivity index (χ0v) is 11.6. The van der Waals surface area contributed by atoms with Crippen LogP contribution in [0.5, 0.6) is 5.75 Å². The summed E-state index contributed by atoms with van der Waals surface area (Å²) in [7, 11) is 1.63. The fourth-order valence-electron chi connectivity index (χ4n) is 3.37. The number of carboxylic acids is 1. The molecule has 3 nitrogen and oxygen atoms in total. The van der Waals surface area contributed by atoms with Crippen LogP contribution in [0.3, 0.4) is 0 Å². The number of ether oxygens (including phenoxy) is 1. The van der Waals surface area contributed by atoms with Crippen LogP contribution in [-0.2, 0) is 10.2 Å². The fraction of sp³-hybridized carbons (Fsp3) is 0.353. The number of hydrogen-bond acceptors (Lipinski definition) is 2. The van der Waals surface area contributed by atoms with Crippen LogP contribution in [0.1, 0.15) is 31.2 Å². The van der Waals surface area contributed by atoms with Gasteiger partial charge in [0.05, 0.1) is 12.5 Å². The molecule has 3 rings (SSSR count). The maximum atomic E-state index is 11.9. The predicted octanol–water partition coefficient (Wildman–Crippen LogP) is 3.74. The fourth-order valence-corrected chi connectivity index (χ4v) is 3.37. The molecular weight excluding hydrogens is 252 g/mol. The first-order valence-electron chi connectivity index (χ1n) is 6.98. The third-order valence-corrected chi connectivity index (χ3v) is 4.47. The predicted molar refractivity (Wildman–Crippen MR) is 78.3 cm³/mol. The van der Waals surface area contributed by atoms with Crippen LogP contribution < -0.4 is 4.74 Å². The van der Waals surface area contributed by atoms with E-state index < -0.39 is 11.4 Å². The molecule has 0 heterocycles. The molecule has 2 aromatic rings. The minimum absolute atomic E-state index is 0.703. The SMILES string of the molecule is COc1ccc2cccc(C3(C(=O)O)CCCC3)c2c1. The Balaban J connectivity index is 2.26. The van der Waals surface area contributed by atoms with Gasteiger partial charge in [0.2, 0.25) is 0 Å². The van der Waals surface area contributed by atoms with Gasteiger partial charge in [-0.1, -0.05) is 37.1 Å². The van der Waals surface area contributed by atoms with Crippen LogP contribution in [0.4, 0.5) is 0 Å². The topological polar surface area (TPSA) is 46.5 Å². The average molecular weight is 270 g/mol. The molecule has 0 aromatic heterocycles. The van der Waals surface area contributed by atoms with Gasteiger partial charge in [0.25, 0.3) is 0 Å². The smallest absolute Gasteiger partial charge is 0.314 e. The summed E-state index contributed by atoms with van der Waals surface area (Å²) in [5.74, 6) is 0.0637. The number of aliphatic carboxylic acids is 1. The van der Waals surface area contributed by atoms with E-state index in [0.29, 0.717) is 0 Å². The van der Waals surface area contributed by atoms with Gasteiger partial charge in [0.1, 0.15) is 5.75 Å². The standard InChI is InChI=1S/C17H18O3/c1-20-13-8-7-12-5-4-6-15(14(12)11-13)17(16(18)19)9-2-3-10-17/h4-8,11H,2-3,9-10H2,1H3,(H,18,19). The monoisotopic (exact) mass is 270 g/mol. The number of carbonyl (C=O) groups is 1. The van der Waals surface area contributed by atoms with Gasteiger partial charge in [-0.2, -0.15) is 0 Å². The Morgan fingerprint density at radius 3 is 2.60 bits per heavy atom. The quantitative estimate of drug-likeness (QED) is 0.924. The van der Waals surface area contributed by atoms with Crippen molar-refractivity contribution in [3.8, 4) is 5.75 Å². The van der Waals surface area contributed by atoms with E-state index in [9.17, 15) is 9.90 Å². The van der Waals surface area contributed by atoms with E-state index in [1.807, 2.05) is 36.4 Å². The number of benzene rings is 2. The molecule has 2 aromatic carbocycles. The summed E-state index contributed by atoms with van der Waals surface area (Å²) in [4.78, 5) is 11.9. The van der Waals surface area contributed by atoms with Crippen molar-refractivity contribution < 1.29 is 14.6 Å². The van der Waals surface area contributed by atoms with Crippen LogP contribution in [0.15, 0.2) is 36.4 Å². The van der Waals surface area contributed by atoms with Crippen LogP contribution >= 0.6 is 0 Å². The molecular formula is C17H18O3. The molecule has 0 unspecified atom stereocenters. The van der Waals surface area contributed by atoms with Gasteiger partial charge in [-0.3, -0.25) is 4.79 Å². The van der Waals surface area contributed by atoms with Gasteiger partial charge in [-0.05, 0) is 41.3 Å². The van der Waals surface area contributed by atoms with E-state index in [0.717, 1.165) is 47.8 Å². The first-order valence-corrected chi connectivity index (χ1v) is 6.98. The number of methoxy groups -OCH3 is 1. The van der Waals surface area contributed by atoms with E-state index in [-0.39, 0.29) is 0 Å². The maximum Gasteiger partial charge on any atom is 0.314 e. The lowest BCUT2D eigenvalue weighted by atomic mass is 9.77. The second-order valence-electron chi connectivity index (χ2n) is 5.49. The van der Waals surface area contributed by atoms with Crippen LogP contribution in [-0.4, -0.2) is 18.2 Å². The molecule has 0 spiro atoms. The summed E-state index contributed by atoms with van der Waals surface area (Å²) in [6.07, 6.45) is 3.40. The highest BCUT2D eigenvalue weighted by molar-refractivity contribution is 5.94. The highest BCUT2D eigenvalue weighted by Gasteiger charge is 2.43. The molecule has 1 fully saturated rings. The van der Waals surface area contributed by atoms with Crippen molar-refractivity contribution in [2.75, 3.05) is 7.11 Å². The summed E-state index contributed by atoms with van der Waals surface area (Å²) in [6, 6.07) is 11.8. The second kappa shape index (κ2) is 4.82. The van der Waals surface area contributed by atoms with Gasteiger partial charge in [0.15, 0.2) is 0 Å². The van der Waals surface area contributed by atoms with Crippen LogP contribution in [0, 0.1) is 0 Å². The third kappa shape index (κ3) is 1.85. The Morgan fingerprint density at radius 2 is 1.95 bits per heavy atom. The lowest BCUT2D eigenvalue weighted by molar-refractivity contribution is -0.143. The molecule has 0 saturated heterocycles. The molecule has 1 aliphatic rings. The van der Waals surface area contributed by atoms with E-state index in [1.165, 1.54) is 0 Å². The van der Waals surface area contributed by atoms with E-state index >= 15 is 0 Å². The largest absolute Gasteiger partial charge is 0.497 e. The van der Waals surface area contributed by atoms with Gasteiger partial charge in [0, 0.05) is 0 Å². The Morgan fingerprint density at radius 1 is 1.20 bits per heavy atom. The molecule has 0 amide bonds. The van der Waals surface area contributed by atoms with E-state index in [4.69, 9.17) is 4.74 Å². The molecule has 0 atom stereocenters. The number of rotatable bonds is 3. The first-order chi connectivity index (χ1) is 9.67. The van der Waals surface area contributed by atoms with Crippen LogP contribution in [0.2, 0.25) is 0 Å². The van der Waals surface area contributed by atoms with Crippen molar-refractivity contribution >= 4 is 16.7 Å². The zero-order chi connectivity index (χ0) is 14.2. The third-order valence-electron chi connectivity index (χ3n) is 4.47. The summed E-state index contributed by atoms with van der Waals surface area (Å²) in [5, 5.41) is 11.8. The minimum atomic E-state index is -0.730. The van der Waals surface area contributed by atoms with Gasteiger partial charge < -0.3 is 9.84 Å². The van der Waals surface area contributed by atoms with Crippen molar-refractivity contribution in [2.24, 2.45) is 0 Å². The summed E-state index contributed by atoms with van der Waals surface area (Å²) >= 11 is 0. The van der Waals surface area contributed by atoms with Crippen molar-refractivity contribution in [1.29, 1.82) is 0 Å². The van der Waals surface area contributed by atoms with Gasteiger partial charge in [-0.15, -0.1) is 0 Å². The van der Waals surface area contributed by atoms with Crippen molar-refractivity contribution in [3.63, 3.8) is 0 Å². The van der Waals surface area contributed by atoms with Crippen molar-refractivity contribution in [3.05, 3.63) is 42.0 Å². The highest BCUT2D eigenvalue weighted by atomic mass is 16.5. The zero-order valence-electron chi connectivity index (χ0n) is 11.6. The molecule has 3 heteroatoms. The average Bonchev–Trinajstić information content (AvgIpc) is 2.96. The lowest BCUT2D eigenvalue weighted by Gasteiger charge is -2.26. The molecule has 0 bridgehead atoms. The summed E-state index contributed by atoms with van der Waals surface area (Å²) < 4.78 is 5.29. The van der Waals surface area contributed by atoms with E-state index in [2.05, 4.69) is 0 Å². The Hall–Kier alpha value is -2.03. The number of fused-ring (bicyclic) bond motifs is 1. The molecule has 1 N–H and O–H groups in total. The van der Waals surface area contributed by atoms with Crippen molar-refractivity contribution in [2.45, 2.75) is 31.1 Å². The van der Waals surface area contributed by atoms with Crippen LogP contribution in [0.25, 0.3) is 10.8 Å². The van der Waals surface area contributed by atoms with Crippen molar-refractivity contribution in [1.82, 2.24) is 0 Å². The van der Waals surface area contributed by atoms with Gasteiger partial charge >= 0.3 is 5.97 Å². The summed E-state index contributed by atoms with van der Waals surface area (Å²) in [5.41, 5.74) is 0.199.